The molecule has 1 aromatic carbocycles. The molecule has 0 saturated heterocycles. The van der Waals surface area contributed by atoms with Crippen molar-refractivity contribution in [3.8, 4) is 23.1 Å². The summed E-state index contributed by atoms with van der Waals surface area (Å²) in [6, 6.07) is 7.85. The molecular weight excluding hydrogens is 256 g/mol. The van der Waals surface area contributed by atoms with E-state index in [0.717, 1.165) is 5.56 Å². The molecule has 106 valence electrons. The van der Waals surface area contributed by atoms with Crippen molar-refractivity contribution in [2.24, 2.45) is 0 Å². The van der Waals surface area contributed by atoms with Crippen LogP contribution in [0.1, 0.15) is 13.8 Å². The molecule has 0 bridgehead atoms. The molecule has 0 aliphatic carbocycles. The summed E-state index contributed by atoms with van der Waals surface area (Å²) in [4.78, 5) is 12.9. The van der Waals surface area contributed by atoms with E-state index in [1.54, 1.807) is 14.2 Å². The molecule has 2 aromatic rings. The molecule has 2 rings (SSSR count). The first kappa shape index (κ1) is 14.0. The average molecular weight is 274 g/mol. The van der Waals surface area contributed by atoms with Gasteiger partial charge >= 0.3 is 6.01 Å². The number of rotatable bonds is 5. The summed E-state index contributed by atoms with van der Waals surface area (Å²) >= 11 is 0. The second kappa shape index (κ2) is 6.18. The molecule has 1 N–H and O–H groups in total. The molecule has 6 nitrogen and oxygen atoms in total. The number of para-hydroxylation sites is 1. The average Bonchev–Trinajstić information content (AvgIpc) is 2.46. The summed E-state index contributed by atoms with van der Waals surface area (Å²) < 4.78 is 10.9. The van der Waals surface area contributed by atoms with E-state index in [0.29, 0.717) is 23.5 Å². The summed E-state index contributed by atoms with van der Waals surface area (Å²) in [5, 5.41) is 2.91. The van der Waals surface area contributed by atoms with E-state index < -0.39 is 0 Å². The van der Waals surface area contributed by atoms with Gasteiger partial charge < -0.3 is 14.8 Å². The third kappa shape index (κ3) is 3.14. The summed E-state index contributed by atoms with van der Waals surface area (Å²) in [5.41, 5.74) is 0.794. The Morgan fingerprint density at radius 3 is 2.50 bits per heavy atom. The molecule has 0 atom stereocenters. The number of aromatic nitrogens is 3. The highest BCUT2D eigenvalue weighted by Crippen LogP contribution is 2.28. The van der Waals surface area contributed by atoms with Crippen molar-refractivity contribution < 1.29 is 9.47 Å². The largest absolute Gasteiger partial charge is 0.496 e. The topological polar surface area (TPSA) is 69.2 Å². The van der Waals surface area contributed by atoms with Gasteiger partial charge in [0, 0.05) is 7.05 Å². The van der Waals surface area contributed by atoms with Crippen molar-refractivity contribution in [3.63, 3.8) is 0 Å². The Bertz CT molecular complexity index is 587. The molecule has 0 amide bonds. The lowest BCUT2D eigenvalue weighted by molar-refractivity contribution is 0.222. The maximum absolute atomic E-state index is 5.55. The second-order valence-electron chi connectivity index (χ2n) is 4.38. The highest BCUT2D eigenvalue weighted by molar-refractivity contribution is 5.64. The maximum Gasteiger partial charge on any atom is 0.322 e. The zero-order chi connectivity index (χ0) is 14.5. The Balaban J connectivity index is 2.49. The minimum absolute atomic E-state index is 0.00683. The van der Waals surface area contributed by atoms with Gasteiger partial charge in [0.05, 0.1) is 18.8 Å². The van der Waals surface area contributed by atoms with Crippen LogP contribution < -0.4 is 14.8 Å². The number of hydrogen-bond donors (Lipinski definition) is 1. The number of benzene rings is 1. The van der Waals surface area contributed by atoms with Crippen molar-refractivity contribution in [2.75, 3.05) is 19.5 Å². The molecule has 1 heterocycles. The molecule has 0 unspecified atom stereocenters. The lowest BCUT2D eigenvalue weighted by atomic mass is 10.2. The van der Waals surface area contributed by atoms with Crippen molar-refractivity contribution in [3.05, 3.63) is 24.3 Å². The fraction of sp³-hybridized carbons (Fsp3) is 0.357. The highest BCUT2D eigenvalue weighted by Gasteiger charge is 2.13. The van der Waals surface area contributed by atoms with Crippen LogP contribution in [0.25, 0.3) is 11.4 Å². The van der Waals surface area contributed by atoms with E-state index in [9.17, 15) is 0 Å². The molecule has 0 aliphatic heterocycles. The molecule has 1 aromatic heterocycles. The zero-order valence-corrected chi connectivity index (χ0v) is 12.0. The molecule has 0 spiro atoms. The van der Waals surface area contributed by atoms with Crippen LogP contribution in [0.3, 0.4) is 0 Å². The lowest BCUT2D eigenvalue weighted by Gasteiger charge is -2.11. The summed E-state index contributed by atoms with van der Waals surface area (Å²) in [7, 11) is 3.37. The number of anilines is 1. The molecule has 0 aliphatic rings. The Labute approximate surface area is 118 Å². The van der Waals surface area contributed by atoms with E-state index in [4.69, 9.17) is 9.47 Å². The van der Waals surface area contributed by atoms with Crippen molar-refractivity contribution in [1.82, 2.24) is 15.0 Å². The molecule has 0 saturated carbocycles. The summed E-state index contributed by atoms with van der Waals surface area (Å²) in [6.45, 7) is 3.84. The predicted molar refractivity (Wildman–Crippen MR) is 77.1 cm³/mol. The zero-order valence-electron chi connectivity index (χ0n) is 12.0. The van der Waals surface area contributed by atoms with Gasteiger partial charge in [0.25, 0.3) is 0 Å². The Hall–Kier alpha value is -2.37. The Kier molecular flexibility index (Phi) is 4.34. The van der Waals surface area contributed by atoms with Crippen LogP contribution in [0.15, 0.2) is 24.3 Å². The normalized spacial score (nSPS) is 10.4. The van der Waals surface area contributed by atoms with Gasteiger partial charge in [-0.05, 0) is 26.0 Å². The summed E-state index contributed by atoms with van der Waals surface area (Å²) in [6.07, 6.45) is -0.00683. The maximum atomic E-state index is 5.55. The van der Waals surface area contributed by atoms with Gasteiger partial charge in [-0.3, -0.25) is 0 Å². The van der Waals surface area contributed by atoms with Crippen LogP contribution in [-0.4, -0.2) is 35.2 Å². The third-order valence-corrected chi connectivity index (χ3v) is 2.53. The SMILES string of the molecule is CNc1nc(OC(C)C)nc(-c2ccccc2OC)n1. The molecular formula is C14H18N4O2. The van der Waals surface area contributed by atoms with Crippen LogP contribution in [0.4, 0.5) is 5.95 Å². The standard InChI is InChI=1S/C14H18N4O2/c1-9(2)20-14-17-12(16-13(15-3)18-14)10-7-5-6-8-11(10)19-4/h5-9H,1-4H3,(H,15,16,17,18). The third-order valence-electron chi connectivity index (χ3n) is 2.53. The number of methoxy groups -OCH3 is 1. The predicted octanol–water partition coefficient (Wildman–Crippen LogP) is 2.38. The quantitative estimate of drug-likeness (QED) is 0.902. The minimum Gasteiger partial charge on any atom is -0.496 e. The van der Waals surface area contributed by atoms with Crippen LogP contribution in [0.5, 0.6) is 11.8 Å². The van der Waals surface area contributed by atoms with Gasteiger partial charge in [-0.25, -0.2) is 0 Å². The van der Waals surface area contributed by atoms with Gasteiger partial charge in [0.1, 0.15) is 5.75 Å². The van der Waals surface area contributed by atoms with Gasteiger partial charge in [0.2, 0.25) is 5.95 Å². The number of nitrogens with zero attached hydrogens (tertiary/aromatic N) is 3. The van der Waals surface area contributed by atoms with Crippen LogP contribution in [-0.2, 0) is 0 Å². The van der Waals surface area contributed by atoms with Gasteiger partial charge in [0.15, 0.2) is 5.82 Å². The van der Waals surface area contributed by atoms with E-state index >= 15 is 0 Å². The fourth-order valence-corrected chi connectivity index (χ4v) is 1.68. The summed E-state index contributed by atoms with van der Waals surface area (Å²) in [5.74, 6) is 1.67. The van der Waals surface area contributed by atoms with Crippen LogP contribution in [0.2, 0.25) is 0 Å². The second-order valence-corrected chi connectivity index (χ2v) is 4.38. The fourth-order valence-electron chi connectivity index (χ4n) is 1.68. The van der Waals surface area contributed by atoms with E-state index in [1.165, 1.54) is 0 Å². The monoisotopic (exact) mass is 274 g/mol. The van der Waals surface area contributed by atoms with Gasteiger partial charge in [-0.15, -0.1) is 0 Å². The van der Waals surface area contributed by atoms with E-state index in [2.05, 4.69) is 20.3 Å². The highest BCUT2D eigenvalue weighted by atomic mass is 16.5. The van der Waals surface area contributed by atoms with Crippen molar-refractivity contribution >= 4 is 5.95 Å². The Morgan fingerprint density at radius 2 is 1.85 bits per heavy atom. The van der Waals surface area contributed by atoms with E-state index in [1.807, 2.05) is 38.1 Å². The van der Waals surface area contributed by atoms with E-state index in [-0.39, 0.29) is 6.10 Å². The van der Waals surface area contributed by atoms with Crippen LogP contribution in [0, 0.1) is 0 Å². The van der Waals surface area contributed by atoms with Crippen molar-refractivity contribution in [1.29, 1.82) is 0 Å². The number of ether oxygens (including phenoxy) is 2. The molecule has 0 fully saturated rings. The Morgan fingerprint density at radius 1 is 1.10 bits per heavy atom. The van der Waals surface area contributed by atoms with Crippen LogP contribution >= 0.6 is 0 Å². The van der Waals surface area contributed by atoms with Gasteiger partial charge in [-0.1, -0.05) is 12.1 Å². The lowest BCUT2D eigenvalue weighted by Crippen LogP contribution is -2.11. The molecule has 0 radical (unpaired) electrons. The first-order valence-electron chi connectivity index (χ1n) is 6.38. The van der Waals surface area contributed by atoms with Crippen molar-refractivity contribution in [2.45, 2.75) is 20.0 Å². The first-order chi connectivity index (χ1) is 9.63. The van der Waals surface area contributed by atoms with Gasteiger partial charge in [-0.2, -0.15) is 15.0 Å². The molecule has 20 heavy (non-hydrogen) atoms. The minimum atomic E-state index is -0.00683. The first-order valence-corrected chi connectivity index (χ1v) is 6.38. The smallest absolute Gasteiger partial charge is 0.322 e. The number of nitrogens with one attached hydrogen (secondary N) is 1. The number of hydrogen-bond acceptors (Lipinski definition) is 6. The molecule has 6 heteroatoms.